The fraction of sp³-hybridized carbons (Fsp3) is 0.263. The molecule has 0 radical (unpaired) electrons. The number of nitrogens with zero attached hydrogens (tertiary/aromatic N) is 4. The van der Waals surface area contributed by atoms with Gasteiger partial charge in [0, 0.05) is 29.8 Å². The van der Waals surface area contributed by atoms with E-state index in [9.17, 15) is 4.79 Å². The Balaban J connectivity index is 1.61. The lowest BCUT2D eigenvalue weighted by Gasteiger charge is -2.25. The molecule has 2 aromatic heterocycles. The van der Waals surface area contributed by atoms with Gasteiger partial charge < -0.3 is 10.2 Å². The molecule has 0 unspecified atom stereocenters. The predicted molar refractivity (Wildman–Crippen MR) is 102 cm³/mol. The molecular formula is C19H19N5OS. The summed E-state index contributed by atoms with van der Waals surface area (Å²) in [6.45, 7) is 2.62. The number of benzene rings is 1. The van der Waals surface area contributed by atoms with Crippen LogP contribution in [0.5, 0.6) is 0 Å². The van der Waals surface area contributed by atoms with Crippen LogP contribution in [0.1, 0.15) is 40.8 Å². The molecule has 1 aliphatic heterocycles. The minimum absolute atomic E-state index is 0.0266. The summed E-state index contributed by atoms with van der Waals surface area (Å²) in [5.41, 5.74) is 1.59. The molecule has 6 nitrogen and oxygen atoms in total. The van der Waals surface area contributed by atoms with Gasteiger partial charge in [-0.2, -0.15) is 0 Å². The van der Waals surface area contributed by atoms with Crippen LogP contribution in [0.25, 0.3) is 0 Å². The molecule has 1 atom stereocenters. The average Bonchev–Trinajstić information content (AvgIpc) is 3.33. The highest BCUT2D eigenvalue weighted by molar-refractivity contribution is 7.13. The standard InChI is InChI=1S/C19H19N5OS/c1-13-21-15(12-17(22-13)23-19-20-9-11-26-19)16-8-5-10-24(16)18(25)14-6-3-2-4-7-14/h2-4,6-7,9,11-12,16H,5,8,10H2,1H3,(H,20,21,22,23)/t16-/m0/s1. The number of aromatic nitrogens is 3. The monoisotopic (exact) mass is 365 g/mol. The molecule has 0 aliphatic carbocycles. The molecule has 0 bridgehead atoms. The van der Waals surface area contributed by atoms with E-state index in [-0.39, 0.29) is 11.9 Å². The topological polar surface area (TPSA) is 71.0 Å². The molecule has 1 saturated heterocycles. The Labute approximate surface area is 155 Å². The van der Waals surface area contributed by atoms with Crippen LogP contribution in [0.4, 0.5) is 10.9 Å². The average molecular weight is 365 g/mol. The second kappa shape index (κ2) is 7.21. The summed E-state index contributed by atoms with van der Waals surface area (Å²) < 4.78 is 0. The van der Waals surface area contributed by atoms with E-state index in [0.717, 1.165) is 30.2 Å². The number of carbonyl (C=O) groups excluding carboxylic acids is 1. The van der Waals surface area contributed by atoms with E-state index < -0.39 is 0 Å². The molecule has 0 spiro atoms. The molecule has 1 fully saturated rings. The van der Waals surface area contributed by atoms with E-state index in [0.29, 0.717) is 17.2 Å². The van der Waals surface area contributed by atoms with Crippen molar-refractivity contribution < 1.29 is 4.79 Å². The second-order valence-electron chi connectivity index (χ2n) is 6.21. The molecule has 3 aromatic rings. The molecular weight excluding hydrogens is 346 g/mol. The lowest BCUT2D eigenvalue weighted by atomic mass is 10.1. The lowest BCUT2D eigenvalue weighted by molar-refractivity contribution is 0.0732. The van der Waals surface area contributed by atoms with Crippen LogP contribution in [0, 0.1) is 6.92 Å². The Morgan fingerprint density at radius 1 is 1.27 bits per heavy atom. The van der Waals surface area contributed by atoms with E-state index in [1.165, 1.54) is 11.3 Å². The van der Waals surface area contributed by atoms with Gasteiger partial charge in [-0.1, -0.05) is 18.2 Å². The Hall–Kier alpha value is -2.80. The van der Waals surface area contributed by atoms with Crippen molar-refractivity contribution in [3.8, 4) is 0 Å². The van der Waals surface area contributed by atoms with Crippen molar-refractivity contribution in [1.82, 2.24) is 19.9 Å². The number of hydrogen-bond donors (Lipinski definition) is 1. The Morgan fingerprint density at radius 2 is 2.12 bits per heavy atom. The van der Waals surface area contributed by atoms with Crippen LogP contribution in [-0.4, -0.2) is 32.3 Å². The van der Waals surface area contributed by atoms with Crippen molar-refractivity contribution in [3.63, 3.8) is 0 Å². The zero-order valence-electron chi connectivity index (χ0n) is 14.4. The van der Waals surface area contributed by atoms with Gasteiger partial charge in [-0.25, -0.2) is 15.0 Å². The van der Waals surface area contributed by atoms with Gasteiger partial charge in [0.25, 0.3) is 5.91 Å². The number of anilines is 2. The van der Waals surface area contributed by atoms with Gasteiger partial charge in [-0.3, -0.25) is 4.79 Å². The minimum Gasteiger partial charge on any atom is -0.330 e. The van der Waals surface area contributed by atoms with Crippen molar-refractivity contribution in [2.45, 2.75) is 25.8 Å². The molecule has 26 heavy (non-hydrogen) atoms. The largest absolute Gasteiger partial charge is 0.330 e. The smallest absolute Gasteiger partial charge is 0.254 e. The van der Waals surface area contributed by atoms with Gasteiger partial charge in [0.05, 0.1) is 11.7 Å². The van der Waals surface area contributed by atoms with Crippen LogP contribution < -0.4 is 5.32 Å². The molecule has 1 aliphatic rings. The van der Waals surface area contributed by atoms with Crippen molar-refractivity contribution in [2.75, 3.05) is 11.9 Å². The van der Waals surface area contributed by atoms with E-state index in [4.69, 9.17) is 0 Å². The third kappa shape index (κ3) is 3.43. The zero-order valence-corrected chi connectivity index (χ0v) is 15.2. The fourth-order valence-corrected chi connectivity index (χ4v) is 3.82. The molecule has 1 N–H and O–H groups in total. The summed E-state index contributed by atoms with van der Waals surface area (Å²) >= 11 is 1.52. The molecule has 4 rings (SSSR count). The number of likely N-dealkylation sites (tertiary alicyclic amines) is 1. The Kier molecular flexibility index (Phi) is 4.62. The number of carbonyl (C=O) groups is 1. The molecule has 1 aromatic carbocycles. The van der Waals surface area contributed by atoms with E-state index in [1.807, 2.05) is 53.6 Å². The van der Waals surface area contributed by atoms with Gasteiger partial charge in [-0.15, -0.1) is 11.3 Å². The zero-order chi connectivity index (χ0) is 17.9. The fourth-order valence-electron chi connectivity index (χ4n) is 3.28. The SMILES string of the molecule is Cc1nc(Nc2nccs2)cc([C@@H]2CCCN2C(=O)c2ccccc2)n1. The van der Waals surface area contributed by atoms with Crippen LogP contribution in [0.2, 0.25) is 0 Å². The Bertz CT molecular complexity index is 898. The van der Waals surface area contributed by atoms with Crippen molar-refractivity contribution in [2.24, 2.45) is 0 Å². The second-order valence-corrected chi connectivity index (χ2v) is 7.10. The van der Waals surface area contributed by atoms with Crippen LogP contribution in [0.3, 0.4) is 0 Å². The normalized spacial score (nSPS) is 16.7. The summed E-state index contributed by atoms with van der Waals surface area (Å²) in [6, 6.07) is 11.3. The van der Waals surface area contributed by atoms with Crippen molar-refractivity contribution in [3.05, 3.63) is 65.1 Å². The third-order valence-electron chi connectivity index (χ3n) is 4.40. The minimum atomic E-state index is -0.0266. The quantitative estimate of drug-likeness (QED) is 0.758. The van der Waals surface area contributed by atoms with Crippen LogP contribution in [0.15, 0.2) is 48.0 Å². The summed E-state index contributed by atoms with van der Waals surface area (Å²) in [6.07, 6.45) is 3.63. The number of thiazole rings is 1. The first kappa shape index (κ1) is 16.7. The highest BCUT2D eigenvalue weighted by Gasteiger charge is 2.32. The van der Waals surface area contributed by atoms with Gasteiger partial charge in [0.15, 0.2) is 5.13 Å². The number of amides is 1. The van der Waals surface area contributed by atoms with Crippen molar-refractivity contribution in [1.29, 1.82) is 0 Å². The van der Waals surface area contributed by atoms with Crippen molar-refractivity contribution >= 4 is 28.2 Å². The Morgan fingerprint density at radius 3 is 2.88 bits per heavy atom. The summed E-state index contributed by atoms with van der Waals surface area (Å²) in [5.74, 6) is 1.45. The summed E-state index contributed by atoms with van der Waals surface area (Å²) in [5, 5.41) is 5.92. The molecule has 132 valence electrons. The van der Waals surface area contributed by atoms with Crippen LogP contribution in [-0.2, 0) is 0 Å². The maximum atomic E-state index is 12.9. The van der Waals surface area contributed by atoms with Crippen LogP contribution >= 0.6 is 11.3 Å². The maximum absolute atomic E-state index is 12.9. The first-order valence-electron chi connectivity index (χ1n) is 8.59. The molecule has 7 heteroatoms. The molecule has 0 saturated carbocycles. The van der Waals surface area contributed by atoms with E-state index in [2.05, 4.69) is 20.3 Å². The summed E-state index contributed by atoms with van der Waals surface area (Å²) in [7, 11) is 0. The molecule has 3 heterocycles. The predicted octanol–water partition coefficient (Wildman–Crippen LogP) is 3.96. The summed E-state index contributed by atoms with van der Waals surface area (Å²) in [4.78, 5) is 28.1. The maximum Gasteiger partial charge on any atom is 0.254 e. The van der Waals surface area contributed by atoms with Gasteiger partial charge in [0.2, 0.25) is 0 Å². The van der Waals surface area contributed by atoms with E-state index >= 15 is 0 Å². The number of aryl methyl sites for hydroxylation is 1. The number of nitrogens with one attached hydrogen (secondary N) is 1. The number of hydrogen-bond acceptors (Lipinski definition) is 6. The van der Waals surface area contributed by atoms with E-state index in [1.54, 1.807) is 6.20 Å². The van der Waals surface area contributed by atoms with Gasteiger partial charge in [0.1, 0.15) is 11.6 Å². The number of rotatable bonds is 4. The highest BCUT2D eigenvalue weighted by Crippen LogP contribution is 2.33. The van der Waals surface area contributed by atoms with Gasteiger partial charge in [-0.05, 0) is 31.9 Å². The first-order valence-corrected chi connectivity index (χ1v) is 9.47. The highest BCUT2D eigenvalue weighted by atomic mass is 32.1. The lowest BCUT2D eigenvalue weighted by Crippen LogP contribution is -2.31. The van der Waals surface area contributed by atoms with Gasteiger partial charge >= 0.3 is 0 Å². The third-order valence-corrected chi connectivity index (χ3v) is 5.09. The first-order chi connectivity index (χ1) is 12.7. The molecule has 1 amide bonds.